The second-order valence-electron chi connectivity index (χ2n) is 3.85. The summed E-state index contributed by atoms with van der Waals surface area (Å²) in [6, 6.07) is 5.91. The Hall–Kier alpha value is -0.980. The summed E-state index contributed by atoms with van der Waals surface area (Å²) in [6.45, 7) is 6.38. The van der Waals surface area contributed by atoms with Gasteiger partial charge in [0, 0.05) is 0 Å². The molecule has 0 fully saturated rings. The van der Waals surface area contributed by atoms with Crippen LogP contribution < -0.4 is 0 Å². The molecule has 0 aromatic heterocycles. The highest BCUT2D eigenvalue weighted by Gasteiger charge is 2.05. The van der Waals surface area contributed by atoms with Crippen molar-refractivity contribution < 1.29 is 5.11 Å². The van der Waals surface area contributed by atoms with E-state index in [9.17, 15) is 5.11 Å². The average molecular weight is 178 g/mol. The molecule has 1 aromatic carbocycles. The lowest BCUT2D eigenvalue weighted by Gasteiger charge is -2.10. The predicted octanol–water partition coefficient (Wildman–Crippen LogP) is 3.29. The molecule has 0 saturated carbocycles. The fourth-order valence-electron chi connectivity index (χ4n) is 1.37. The van der Waals surface area contributed by atoms with Crippen molar-refractivity contribution in [1.82, 2.24) is 0 Å². The van der Waals surface area contributed by atoms with E-state index >= 15 is 0 Å². The van der Waals surface area contributed by atoms with Gasteiger partial charge in [0.25, 0.3) is 0 Å². The van der Waals surface area contributed by atoms with Crippen LogP contribution in [0.3, 0.4) is 0 Å². The van der Waals surface area contributed by atoms with E-state index in [1.54, 1.807) is 0 Å². The molecule has 13 heavy (non-hydrogen) atoms. The highest BCUT2D eigenvalue weighted by atomic mass is 16.3. The average Bonchev–Trinajstić information content (AvgIpc) is 2.09. The first-order valence-electron chi connectivity index (χ1n) is 4.92. The molecular weight excluding hydrogens is 160 g/mol. The molecule has 1 unspecified atom stereocenters. The van der Waals surface area contributed by atoms with Crippen molar-refractivity contribution in [3.05, 3.63) is 29.3 Å². The molecule has 0 saturated heterocycles. The van der Waals surface area contributed by atoms with Crippen molar-refractivity contribution in [2.75, 3.05) is 0 Å². The first-order chi connectivity index (χ1) is 6.13. The van der Waals surface area contributed by atoms with Crippen LogP contribution in [0.15, 0.2) is 18.2 Å². The normalized spacial score (nSPS) is 12.8. The van der Waals surface area contributed by atoms with Crippen LogP contribution in [0.25, 0.3) is 0 Å². The number of phenolic OH excluding ortho intramolecular Hbond substituents is 1. The van der Waals surface area contributed by atoms with E-state index in [1.165, 1.54) is 0 Å². The molecule has 0 bridgehead atoms. The molecule has 0 aliphatic heterocycles. The zero-order valence-corrected chi connectivity index (χ0v) is 8.67. The zero-order chi connectivity index (χ0) is 9.84. The summed E-state index contributed by atoms with van der Waals surface area (Å²) in [5, 5.41) is 9.64. The summed E-state index contributed by atoms with van der Waals surface area (Å²) >= 11 is 0. The number of phenols is 1. The van der Waals surface area contributed by atoms with Gasteiger partial charge in [0.05, 0.1) is 0 Å². The second kappa shape index (κ2) is 4.31. The largest absolute Gasteiger partial charge is 0.508 e. The first kappa shape index (κ1) is 10.1. The second-order valence-corrected chi connectivity index (χ2v) is 3.85. The molecule has 0 spiro atoms. The van der Waals surface area contributed by atoms with Crippen LogP contribution in [-0.4, -0.2) is 5.11 Å². The standard InChI is InChI=1S/C12H18O/c1-4-9(2)7-11-6-5-10(3)8-12(11)13/h5-6,8-9,13H,4,7H2,1-3H3. The molecule has 72 valence electrons. The van der Waals surface area contributed by atoms with Crippen LogP contribution in [0, 0.1) is 12.8 Å². The quantitative estimate of drug-likeness (QED) is 0.753. The molecule has 0 radical (unpaired) electrons. The van der Waals surface area contributed by atoms with E-state index < -0.39 is 0 Å². The summed E-state index contributed by atoms with van der Waals surface area (Å²) in [4.78, 5) is 0. The van der Waals surface area contributed by atoms with Gasteiger partial charge in [0.15, 0.2) is 0 Å². The van der Waals surface area contributed by atoms with Gasteiger partial charge in [-0.05, 0) is 36.5 Å². The molecule has 0 amide bonds. The summed E-state index contributed by atoms with van der Waals surface area (Å²) in [7, 11) is 0. The smallest absolute Gasteiger partial charge is 0.119 e. The number of rotatable bonds is 3. The van der Waals surface area contributed by atoms with Gasteiger partial charge in [-0.25, -0.2) is 0 Å². The maximum Gasteiger partial charge on any atom is 0.119 e. The number of benzene rings is 1. The Morgan fingerprint density at radius 1 is 1.38 bits per heavy atom. The van der Waals surface area contributed by atoms with Gasteiger partial charge in [-0.3, -0.25) is 0 Å². The van der Waals surface area contributed by atoms with E-state index in [0.29, 0.717) is 11.7 Å². The molecule has 1 atom stereocenters. The number of hydrogen-bond donors (Lipinski definition) is 1. The Bertz CT molecular complexity index is 278. The van der Waals surface area contributed by atoms with Crippen LogP contribution in [-0.2, 0) is 6.42 Å². The predicted molar refractivity (Wildman–Crippen MR) is 56.0 cm³/mol. The Balaban J connectivity index is 2.77. The van der Waals surface area contributed by atoms with Gasteiger partial charge in [0.1, 0.15) is 5.75 Å². The zero-order valence-electron chi connectivity index (χ0n) is 8.67. The molecule has 0 aliphatic rings. The first-order valence-corrected chi connectivity index (χ1v) is 4.92. The van der Waals surface area contributed by atoms with Gasteiger partial charge in [-0.15, -0.1) is 0 Å². The summed E-state index contributed by atoms with van der Waals surface area (Å²) in [5.41, 5.74) is 2.19. The fourth-order valence-corrected chi connectivity index (χ4v) is 1.37. The van der Waals surface area contributed by atoms with Crippen LogP contribution >= 0.6 is 0 Å². The Labute approximate surface area is 80.4 Å². The van der Waals surface area contributed by atoms with E-state index in [1.807, 2.05) is 19.1 Å². The summed E-state index contributed by atoms with van der Waals surface area (Å²) in [6.07, 6.45) is 2.13. The lowest BCUT2D eigenvalue weighted by atomic mass is 9.97. The Morgan fingerprint density at radius 3 is 2.62 bits per heavy atom. The molecule has 0 heterocycles. The van der Waals surface area contributed by atoms with E-state index in [2.05, 4.69) is 19.9 Å². The maximum atomic E-state index is 9.64. The van der Waals surface area contributed by atoms with E-state index in [4.69, 9.17) is 0 Å². The lowest BCUT2D eigenvalue weighted by molar-refractivity contribution is 0.457. The monoisotopic (exact) mass is 178 g/mol. The van der Waals surface area contributed by atoms with Gasteiger partial charge in [-0.1, -0.05) is 32.4 Å². The molecule has 1 N–H and O–H groups in total. The molecule has 1 aromatic rings. The van der Waals surface area contributed by atoms with Crippen molar-refractivity contribution >= 4 is 0 Å². The minimum absolute atomic E-state index is 0.445. The minimum Gasteiger partial charge on any atom is -0.508 e. The van der Waals surface area contributed by atoms with E-state index in [-0.39, 0.29) is 0 Å². The van der Waals surface area contributed by atoms with Crippen LogP contribution in [0.2, 0.25) is 0 Å². The van der Waals surface area contributed by atoms with Crippen molar-refractivity contribution in [3.8, 4) is 5.75 Å². The topological polar surface area (TPSA) is 20.2 Å². The minimum atomic E-state index is 0.445. The molecular formula is C12H18O. The van der Waals surface area contributed by atoms with Gasteiger partial charge < -0.3 is 5.11 Å². The molecule has 1 nitrogen and oxygen atoms in total. The highest BCUT2D eigenvalue weighted by molar-refractivity contribution is 5.36. The third-order valence-corrected chi connectivity index (χ3v) is 2.51. The third kappa shape index (κ3) is 2.76. The van der Waals surface area contributed by atoms with Crippen LogP contribution in [0.5, 0.6) is 5.75 Å². The number of aromatic hydroxyl groups is 1. The fraction of sp³-hybridized carbons (Fsp3) is 0.500. The third-order valence-electron chi connectivity index (χ3n) is 2.51. The van der Waals surface area contributed by atoms with Crippen molar-refractivity contribution in [3.63, 3.8) is 0 Å². The van der Waals surface area contributed by atoms with Crippen molar-refractivity contribution in [1.29, 1.82) is 0 Å². The molecule has 1 heteroatoms. The SMILES string of the molecule is CCC(C)Cc1ccc(C)cc1O. The lowest BCUT2D eigenvalue weighted by Crippen LogP contribution is -1.97. The van der Waals surface area contributed by atoms with Crippen LogP contribution in [0.4, 0.5) is 0 Å². The number of aryl methyl sites for hydroxylation is 1. The highest BCUT2D eigenvalue weighted by Crippen LogP contribution is 2.22. The summed E-state index contributed by atoms with van der Waals surface area (Å²) < 4.78 is 0. The maximum absolute atomic E-state index is 9.64. The van der Waals surface area contributed by atoms with Crippen molar-refractivity contribution in [2.45, 2.75) is 33.6 Å². The Morgan fingerprint density at radius 2 is 2.08 bits per heavy atom. The summed E-state index contributed by atoms with van der Waals surface area (Å²) in [5.74, 6) is 1.09. The van der Waals surface area contributed by atoms with Crippen LogP contribution in [0.1, 0.15) is 31.4 Å². The Kier molecular flexibility index (Phi) is 3.35. The molecule has 0 aliphatic carbocycles. The molecule has 1 rings (SSSR count). The number of hydrogen-bond acceptors (Lipinski definition) is 1. The van der Waals surface area contributed by atoms with E-state index in [0.717, 1.165) is 24.0 Å². The van der Waals surface area contributed by atoms with Gasteiger partial charge >= 0.3 is 0 Å². The van der Waals surface area contributed by atoms with Crippen molar-refractivity contribution in [2.24, 2.45) is 5.92 Å². The van der Waals surface area contributed by atoms with Gasteiger partial charge in [0.2, 0.25) is 0 Å². The van der Waals surface area contributed by atoms with Gasteiger partial charge in [-0.2, -0.15) is 0 Å².